The number of anilines is 1. The van der Waals surface area contributed by atoms with E-state index in [4.69, 9.17) is 0 Å². The van der Waals surface area contributed by atoms with E-state index in [-0.39, 0.29) is 16.1 Å². The molecule has 0 saturated carbocycles. The van der Waals surface area contributed by atoms with E-state index in [1.54, 1.807) is 46.0 Å². The van der Waals surface area contributed by atoms with E-state index in [1.165, 1.54) is 22.1 Å². The van der Waals surface area contributed by atoms with Gasteiger partial charge in [-0.05, 0) is 43.7 Å². The minimum atomic E-state index is -3.59. The first-order valence-electron chi connectivity index (χ1n) is 8.79. The highest BCUT2D eigenvalue weighted by Crippen LogP contribution is 2.25. The number of thioether (sulfide) groups is 1. The third-order valence-electron chi connectivity index (χ3n) is 4.08. The smallest absolute Gasteiger partial charge is 0.243 e. The number of hydrogen-bond donors (Lipinski definition) is 1. The molecule has 2 rings (SSSR count). The second kappa shape index (κ2) is 9.34. The Hall–Kier alpha value is -1.90. The summed E-state index contributed by atoms with van der Waals surface area (Å²) in [6, 6.07) is 10.5. The Morgan fingerprint density at radius 3 is 2.52 bits per heavy atom. The van der Waals surface area contributed by atoms with Crippen LogP contribution < -0.4 is 5.32 Å². The lowest BCUT2D eigenvalue weighted by atomic mass is 10.2. The molecule has 1 atom stereocenters. The van der Waals surface area contributed by atoms with Gasteiger partial charge in [-0.3, -0.25) is 4.79 Å². The Morgan fingerprint density at radius 2 is 1.93 bits per heavy atom. The van der Waals surface area contributed by atoms with E-state index in [2.05, 4.69) is 10.3 Å². The zero-order valence-corrected chi connectivity index (χ0v) is 17.6. The van der Waals surface area contributed by atoms with Crippen LogP contribution in [0.4, 0.5) is 5.69 Å². The van der Waals surface area contributed by atoms with Crippen LogP contribution in [0.5, 0.6) is 0 Å². The zero-order valence-electron chi connectivity index (χ0n) is 16.0. The highest BCUT2D eigenvalue weighted by molar-refractivity contribution is 8.00. The van der Waals surface area contributed by atoms with Gasteiger partial charge in [-0.1, -0.05) is 37.7 Å². The van der Waals surface area contributed by atoms with Crippen molar-refractivity contribution in [1.82, 2.24) is 9.29 Å². The number of sulfonamides is 1. The molecule has 1 heterocycles. The number of amides is 1. The molecule has 6 nitrogen and oxygen atoms in total. The molecule has 0 saturated heterocycles. The van der Waals surface area contributed by atoms with Gasteiger partial charge in [0.05, 0.1) is 15.2 Å². The summed E-state index contributed by atoms with van der Waals surface area (Å²) < 4.78 is 27.1. The lowest BCUT2D eigenvalue weighted by Gasteiger charge is -2.20. The fraction of sp³-hybridized carbons (Fsp3) is 0.368. The molecule has 8 heteroatoms. The van der Waals surface area contributed by atoms with Gasteiger partial charge in [-0.15, -0.1) is 0 Å². The summed E-state index contributed by atoms with van der Waals surface area (Å²) in [6.07, 6.45) is 1.68. The normalized spacial score (nSPS) is 12.8. The van der Waals surface area contributed by atoms with Crippen molar-refractivity contribution in [1.29, 1.82) is 0 Å². The Balaban J connectivity index is 2.19. The standard InChI is InChI=1S/C19H25N3O3S2/c1-5-22(6-2)27(24,25)17-13-16(11-10-14(17)3)21-19(23)15(4)26-18-9-7-8-12-20-18/h7-13,15H,5-6H2,1-4H3,(H,21,23)/t15-/m0/s1. The minimum absolute atomic E-state index is 0.208. The second-order valence-corrected chi connectivity index (χ2v) is 9.25. The van der Waals surface area contributed by atoms with Crippen LogP contribution in [-0.2, 0) is 14.8 Å². The first-order valence-corrected chi connectivity index (χ1v) is 11.1. The van der Waals surface area contributed by atoms with Crippen molar-refractivity contribution < 1.29 is 13.2 Å². The van der Waals surface area contributed by atoms with Crippen LogP contribution in [0.2, 0.25) is 0 Å². The monoisotopic (exact) mass is 407 g/mol. The molecule has 0 radical (unpaired) electrons. The lowest BCUT2D eigenvalue weighted by molar-refractivity contribution is -0.115. The van der Waals surface area contributed by atoms with Crippen molar-refractivity contribution in [3.63, 3.8) is 0 Å². The number of aromatic nitrogens is 1. The predicted molar refractivity (Wildman–Crippen MR) is 109 cm³/mol. The summed E-state index contributed by atoms with van der Waals surface area (Å²) >= 11 is 1.35. The SMILES string of the molecule is CCN(CC)S(=O)(=O)c1cc(NC(=O)[C@H](C)Sc2ccccn2)ccc1C. The van der Waals surface area contributed by atoms with Crippen molar-refractivity contribution in [2.75, 3.05) is 18.4 Å². The summed E-state index contributed by atoms with van der Waals surface area (Å²) in [6.45, 7) is 7.94. The number of hydrogen-bond acceptors (Lipinski definition) is 5. The number of rotatable bonds is 8. The molecule has 0 spiro atoms. The van der Waals surface area contributed by atoms with Gasteiger partial charge in [0.2, 0.25) is 15.9 Å². The van der Waals surface area contributed by atoms with Gasteiger partial charge in [0, 0.05) is 25.0 Å². The number of carbonyl (C=O) groups is 1. The van der Waals surface area contributed by atoms with Crippen LogP contribution in [-0.4, -0.2) is 42.0 Å². The maximum atomic E-state index is 12.8. The average molecular weight is 408 g/mol. The second-order valence-electron chi connectivity index (χ2n) is 5.99. The van der Waals surface area contributed by atoms with E-state index >= 15 is 0 Å². The lowest BCUT2D eigenvalue weighted by Crippen LogP contribution is -2.31. The van der Waals surface area contributed by atoms with Crippen molar-refractivity contribution in [3.8, 4) is 0 Å². The third-order valence-corrected chi connectivity index (χ3v) is 7.33. The van der Waals surface area contributed by atoms with E-state index < -0.39 is 10.0 Å². The fourth-order valence-electron chi connectivity index (χ4n) is 2.55. The first kappa shape index (κ1) is 21.4. The minimum Gasteiger partial charge on any atom is -0.325 e. The largest absolute Gasteiger partial charge is 0.325 e. The fourth-order valence-corrected chi connectivity index (χ4v) is 5.07. The molecule has 2 aromatic rings. The van der Waals surface area contributed by atoms with Crippen LogP contribution >= 0.6 is 11.8 Å². The zero-order chi connectivity index (χ0) is 20.0. The van der Waals surface area contributed by atoms with E-state index in [9.17, 15) is 13.2 Å². The van der Waals surface area contributed by atoms with Gasteiger partial charge in [0.25, 0.3) is 0 Å². The molecule has 0 aliphatic heterocycles. The van der Waals surface area contributed by atoms with Gasteiger partial charge in [-0.25, -0.2) is 13.4 Å². The van der Waals surface area contributed by atoms with Gasteiger partial charge in [0.1, 0.15) is 0 Å². The Morgan fingerprint density at radius 1 is 1.22 bits per heavy atom. The van der Waals surface area contributed by atoms with Crippen LogP contribution in [0.1, 0.15) is 26.3 Å². The summed E-state index contributed by atoms with van der Waals surface area (Å²) in [7, 11) is -3.59. The molecule has 1 aromatic heterocycles. The predicted octanol–water partition coefficient (Wildman–Crippen LogP) is 3.54. The average Bonchev–Trinajstić information content (AvgIpc) is 2.64. The summed E-state index contributed by atoms with van der Waals surface area (Å²) in [4.78, 5) is 16.9. The van der Waals surface area contributed by atoms with Crippen molar-refractivity contribution >= 4 is 33.4 Å². The molecular formula is C19H25N3O3S2. The molecular weight excluding hydrogens is 382 g/mol. The van der Waals surface area contributed by atoms with Crippen molar-refractivity contribution in [2.45, 2.75) is 42.9 Å². The van der Waals surface area contributed by atoms with E-state index in [0.717, 1.165) is 5.03 Å². The van der Waals surface area contributed by atoms with E-state index in [1.807, 2.05) is 18.2 Å². The number of aryl methyl sites for hydroxylation is 1. The Labute approximate surface area is 165 Å². The number of pyridine rings is 1. The van der Waals surface area contributed by atoms with Crippen LogP contribution in [0.25, 0.3) is 0 Å². The molecule has 0 unspecified atom stereocenters. The number of carbonyl (C=O) groups excluding carboxylic acids is 1. The van der Waals surface area contributed by atoms with Crippen LogP contribution in [0.15, 0.2) is 52.5 Å². The molecule has 1 aromatic carbocycles. The molecule has 1 N–H and O–H groups in total. The van der Waals surface area contributed by atoms with Crippen LogP contribution in [0, 0.1) is 6.92 Å². The van der Waals surface area contributed by atoms with Gasteiger partial charge in [0.15, 0.2) is 0 Å². The number of nitrogens with zero attached hydrogens (tertiary/aromatic N) is 2. The van der Waals surface area contributed by atoms with E-state index in [0.29, 0.717) is 24.3 Å². The molecule has 1 amide bonds. The van der Waals surface area contributed by atoms with Crippen LogP contribution in [0.3, 0.4) is 0 Å². The quantitative estimate of drug-likeness (QED) is 0.677. The Kier molecular flexibility index (Phi) is 7.41. The highest BCUT2D eigenvalue weighted by Gasteiger charge is 2.24. The van der Waals surface area contributed by atoms with Gasteiger partial charge in [-0.2, -0.15) is 4.31 Å². The molecule has 0 aliphatic rings. The Bertz CT molecular complexity index is 882. The molecule has 0 aliphatic carbocycles. The number of benzene rings is 1. The topological polar surface area (TPSA) is 79.4 Å². The number of nitrogens with one attached hydrogen (secondary N) is 1. The summed E-state index contributed by atoms with van der Waals surface area (Å²) in [5.41, 5.74) is 1.11. The summed E-state index contributed by atoms with van der Waals surface area (Å²) in [5, 5.41) is 3.19. The van der Waals surface area contributed by atoms with Crippen molar-refractivity contribution in [2.24, 2.45) is 0 Å². The molecule has 0 bridgehead atoms. The highest BCUT2D eigenvalue weighted by atomic mass is 32.2. The van der Waals surface area contributed by atoms with Gasteiger partial charge >= 0.3 is 0 Å². The maximum Gasteiger partial charge on any atom is 0.243 e. The van der Waals surface area contributed by atoms with Crippen molar-refractivity contribution in [3.05, 3.63) is 48.2 Å². The molecule has 0 fully saturated rings. The summed E-state index contributed by atoms with van der Waals surface area (Å²) in [5.74, 6) is -0.208. The first-order chi connectivity index (χ1) is 12.8. The molecule has 27 heavy (non-hydrogen) atoms. The maximum absolute atomic E-state index is 12.8. The van der Waals surface area contributed by atoms with Gasteiger partial charge < -0.3 is 5.32 Å². The third kappa shape index (κ3) is 5.31. The molecule has 146 valence electrons.